The fraction of sp³-hybridized carbons (Fsp3) is 0.143. The molecule has 19 heavy (non-hydrogen) atoms. The molecule has 1 atom stereocenters. The van der Waals surface area contributed by atoms with Crippen LogP contribution < -0.4 is 5.32 Å². The van der Waals surface area contributed by atoms with Crippen LogP contribution in [0.15, 0.2) is 42.7 Å². The number of carbonyl (C=O) groups is 1. The number of benzene rings is 1. The van der Waals surface area contributed by atoms with Gasteiger partial charge in [0.05, 0.1) is 6.04 Å². The van der Waals surface area contributed by atoms with Crippen molar-refractivity contribution in [1.29, 1.82) is 0 Å². The lowest BCUT2D eigenvalue weighted by atomic mass is 10.1. The van der Waals surface area contributed by atoms with Gasteiger partial charge in [0.15, 0.2) is 0 Å². The van der Waals surface area contributed by atoms with Gasteiger partial charge in [-0.3, -0.25) is 9.78 Å². The molecule has 0 spiro atoms. The zero-order valence-corrected chi connectivity index (χ0v) is 10.2. The maximum Gasteiger partial charge on any atom is 0.251 e. The highest BCUT2D eigenvalue weighted by Gasteiger charge is 2.15. The van der Waals surface area contributed by atoms with Crippen LogP contribution in [0.5, 0.6) is 0 Å². The second-order valence-electron chi connectivity index (χ2n) is 4.10. The van der Waals surface area contributed by atoms with Crippen molar-refractivity contribution in [2.45, 2.75) is 13.0 Å². The van der Waals surface area contributed by atoms with Crippen molar-refractivity contribution in [3.8, 4) is 0 Å². The highest BCUT2D eigenvalue weighted by molar-refractivity contribution is 5.94. The van der Waals surface area contributed by atoms with E-state index in [0.29, 0.717) is 5.56 Å². The van der Waals surface area contributed by atoms with E-state index in [1.807, 2.05) is 0 Å². The van der Waals surface area contributed by atoms with Crippen LogP contribution in [0.4, 0.5) is 8.78 Å². The first kappa shape index (κ1) is 13.1. The van der Waals surface area contributed by atoms with E-state index in [0.717, 1.165) is 12.1 Å². The Morgan fingerprint density at radius 3 is 2.53 bits per heavy atom. The van der Waals surface area contributed by atoms with E-state index >= 15 is 0 Å². The summed E-state index contributed by atoms with van der Waals surface area (Å²) in [4.78, 5) is 15.7. The van der Waals surface area contributed by atoms with Gasteiger partial charge in [0.1, 0.15) is 11.6 Å². The van der Waals surface area contributed by atoms with Gasteiger partial charge in [-0.2, -0.15) is 0 Å². The van der Waals surface area contributed by atoms with E-state index in [2.05, 4.69) is 10.3 Å². The van der Waals surface area contributed by atoms with Gasteiger partial charge < -0.3 is 5.32 Å². The summed E-state index contributed by atoms with van der Waals surface area (Å²) in [7, 11) is 0. The Hall–Kier alpha value is -2.30. The minimum absolute atomic E-state index is 0.240. The molecule has 0 radical (unpaired) electrons. The van der Waals surface area contributed by atoms with E-state index < -0.39 is 17.7 Å². The van der Waals surface area contributed by atoms with E-state index in [9.17, 15) is 13.6 Å². The maximum atomic E-state index is 13.6. The number of amides is 1. The van der Waals surface area contributed by atoms with Gasteiger partial charge in [0, 0.05) is 29.6 Å². The summed E-state index contributed by atoms with van der Waals surface area (Å²) >= 11 is 0. The van der Waals surface area contributed by atoms with Crippen LogP contribution in [0, 0.1) is 11.6 Å². The number of pyridine rings is 1. The highest BCUT2D eigenvalue weighted by atomic mass is 19.1. The predicted molar refractivity (Wildman–Crippen MR) is 66.5 cm³/mol. The van der Waals surface area contributed by atoms with Gasteiger partial charge in [0.25, 0.3) is 5.91 Å². The van der Waals surface area contributed by atoms with Gasteiger partial charge in [0.2, 0.25) is 0 Å². The zero-order valence-electron chi connectivity index (χ0n) is 10.2. The minimum Gasteiger partial charge on any atom is -0.345 e. The first-order valence-electron chi connectivity index (χ1n) is 5.74. The lowest BCUT2D eigenvalue weighted by Crippen LogP contribution is -2.27. The van der Waals surface area contributed by atoms with E-state index in [4.69, 9.17) is 0 Å². The molecule has 0 aliphatic heterocycles. The standard InChI is InChI=1S/C14H12F2N2O/c1-9(12-3-2-11(15)8-13(12)16)18-14(19)10-4-6-17-7-5-10/h2-9H,1H3,(H,18,19)/t9-/m0/s1. The number of aromatic nitrogens is 1. The Morgan fingerprint density at radius 1 is 1.21 bits per heavy atom. The Balaban J connectivity index is 2.13. The lowest BCUT2D eigenvalue weighted by Gasteiger charge is -2.15. The second kappa shape index (κ2) is 5.56. The number of halogens is 2. The number of nitrogens with zero attached hydrogens (tertiary/aromatic N) is 1. The molecule has 5 heteroatoms. The Labute approximate surface area is 109 Å². The average Bonchev–Trinajstić information content (AvgIpc) is 2.39. The summed E-state index contributed by atoms with van der Waals surface area (Å²) in [5.74, 6) is -1.66. The van der Waals surface area contributed by atoms with Crippen molar-refractivity contribution in [3.05, 3.63) is 65.5 Å². The fourth-order valence-corrected chi connectivity index (χ4v) is 1.71. The molecular formula is C14H12F2N2O. The van der Waals surface area contributed by atoms with Gasteiger partial charge in [-0.25, -0.2) is 8.78 Å². The predicted octanol–water partition coefficient (Wildman–Crippen LogP) is 2.85. The van der Waals surface area contributed by atoms with E-state index in [1.165, 1.54) is 18.5 Å². The van der Waals surface area contributed by atoms with Gasteiger partial charge >= 0.3 is 0 Å². The number of carbonyl (C=O) groups excluding carboxylic acids is 1. The monoisotopic (exact) mass is 262 g/mol. The Kier molecular flexibility index (Phi) is 3.85. The normalized spacial score (nSPS) is 11.9. The lowest BCUT2D eigenvalue weighted by molar-refractivity contribution is 0.0939. The topological polar surface area (TPSA) is 42.0 Å². The average molecular weight is 262 g/mol. The van der Waals surface area contributed by atoms with Gasteiger partial charge in [-0.15, -0.1) is 0 Å². The van der Waals surface area contributed by atoms with Crippen molar-refractivity contribution in [2.75, 3.05) is 0 Å². The van der Waals surface area contributed by atoms with Crippen LogP contribution in [0.2, 0.25) is 0 Å². The summed E-state index contributed by atoms with van der Waals surface area (Å²) < 4.78 is 26.4. The Morgan fingerprint density at radius 2 is 1.89 bits per heavy atom. The minimum atomic E-state index is -0.678. The van der Waals surface area contributed by atoms with Crippen molar-refractivity contribution in [1.82, 2.24) is 10.3 Å². The Bertz CT molecular complexity index is 587. The summed E-state index contributed by atoms with van der Waals surface area (Å²) in [5.41, 5.74) is 0.674. The molecule has 0 unspecified atom stereocenters. The third-order valence-corrected chi connectivity index (χ3v) is 2.72. The molecule has 2 rings (SSSR count). The van der Waals surface area contributed by atoms with Crippen molar-refractivity contribution < 1.29 is 13.6 Å². The molecule has 1 N–H and O–H groups in total. The second-order valence-corrected chi connectivity index (χ2v) is 4.10. The van der Waals surface area contributed by atoms with Crippen molar-refractivity contribution in [2.24, 2.45) is 0 Å². The van der Waals surface area contributed by atoms with Crippen LogP contribution in [0.3, 0.4) is 0 Å². The molecule has 1 amide bonds. The quantitative estimate of drug-likeness (QED) is 0.924. The molecule has 0 bridgehead atoms. The summed E-state index contributed by atoms with van der Waals surface area (Å²) in [5, 5.41) is 2.64. The zero-order chi connectivity index (χ0) is 13.8. The van der Waals surface area contributed by atoms with Crippen LogP contribution in [0.25, 0.3) is 0 Å². The van der Waals surface area contributed by atoms with Crippen LogP contribution in [-0.2, 0) is 0 Å². The third-order valence-electron chi connectivity index (χ3n) is 2.72. The molecule has 0 fully saturated rings. The molecule has 1 heterocycles. The van der Waals surface area contributed by atoms with Crippen LogP contribution >= 0.6 is 0 Å². The smallest absolute Gasteiger partial charge is 0.251 e. The molecule has 0 aliphatic rings. The molecule has 1 aromatic heterocycles. The first-order valence-corrected chi connectivity index (χ1v) is 5.74. The summed E-state index contributed by atoms with van der Waals surface area (Å²) in [6.45, 7) is 1.63. The third kappa shape index (κ3) is 3.13. The molecule has 0 saturated carbocycles. The molecular weight excluding hydrogens is 250 g/mol. The summed E-state index contributed by atoms with van der Waals surface area (Å²) in [6, 6.07) is 5.84. The number of hydrogen-bond acceptors (Lipinski definition) is 2. The van der Waals surface area contributed by atoms with E-state index in [1.54, 1.807) is 19.1 Å². The van der Waals surface area contributed by atoms with Crippen molar-refractivity contribution in [3.63, 3.8) is 0 Å². The maximum absolute atomic E-state index is 13.6. The number of nitrogens with one attached hydrogen (secondary N) is 1. The number of hydrogen-bond donors (Lipinski definition) is 1. The van der Waals surface area contributed by atoms with Crippen LogP contribution in [0.1, 0.15) is 28.9 Å². The molecule has 3 nitrogen and oxygen atoms in total. The van der Waals surface area contributed by atoms with Gasteiger partial charge in [-0.05, 0) is 25.1 Å². The fourth-order valence-electron chi connectivity index (χ4n) is 1.71. The SMILES string of the molecule is C[C@H](NC(=O)c1ccncc1)c1ccc(F)cc1F. The van der Waals surface area contributed by atoms with Crippen molar-refractivity contribution >= 4 is 5.91 Å². The molecule has 98 valence electrons. The molecule has 2 aromatic rings. The van der Waals surface area contributed by atoms with Gasteiger partial charge in [-0.1, -0.05) is 6.07 Å². The molecule has 0 saturated heterocycles. The largest absolute Gasteiger partial charge is 0.345 e. The number of rotatable bonds is 3. The summed E-state index contributed by atoms with van der Waals surface area (Å²) in [6.07, 6.45) is 3.00. The highest BCUT2D eigenvalue weighted by Crippen LogP contribution is 2.18. The first-order chi connectivity index (χ1) is 9.08. The van der Waals surface area contributed by atoms with Crippen LogP contribution in [-0.4, -0.2) is 10.9 Å². The van der Waals surface area contributed by atoms with E-state index in [-0.39, 0.29) is 11.5 Å². The molecule has 1 aromatic carbocycles. The molecule has 0 aliphatic carbocycles.